The van der Waals surface area contributed by atoms with Crippen LogP contribution in [0.25, 0.3) is 5.69 Å². The molecule has 1 N–H and O–H groups in total. The second kappa shape index (κ2) is 12.1. The number of nitro groups is 1. The number of rotatable bonds is 10. The van der Waals surface area contributed by atoms with Crippen molar-refractivity contribution in [1.82, 2.24) is 9.55 Å². The topological polar surface area (TPSA) is 126 Å². The summed E-state index contributed by atoms with van der Waals surface area (Å²) in [6.45, 7) is 4.11. The minimum atomic E-state index is -0.565. The molecule has 194 valence electrons. The van der Waals surface area contributed by atoms with Gasteiger partial charge in [-0.25, -0.2) is 4.98 Å². The predicted octanol–water partition coefficient (Wildman–Crippen LogP) is 5.37. The van der Waals surface area contributed by atoms with Gasteiger partial charge in [0.05, 0.1) is 34.7 Å². The van der Waals surface area contributed by atoms with Gasteiger partial charge in [0.15, 0.2) is 5.16 Å². The van der Waals surface area contributed by atoms with E-state index in [1.54, 1.807) is 55.5 Å². The fourth-order valence-electron chi connectivity index (χ4n) is 3.54. The first-order valence-corrected chi connectivity index (χ1v) is 12.6. The maximum Gasteiger partial charge on any atom is 0.275 e. The van der Waals surface area contributed by atoms with Crippen LogP contribution in [0.15, 0.2) is 88.8 Å². The summed E-state index contributed by atoms with van der Waals surface area (Å²) < 4.78 is 12.6. The van der Waals surface area contributed by atoms with Gasteiger partial charge >= 0.3 is 0 Å². The number of nitrogens with zero attached hydrogens (tertiary/aromatic N) is 3. The molecule has 0 radical (unpaired) electrons. The van der Waals surface area contributed by atoms with Gasteiger partial charge < -0.3 is 14.8 Å². The van der Waals surface area contributed by atoms with E-state index in [1.807, 2.05) is 13.0 Å². The molecule has 38 heavy (non-hydrogen) atoms. The van der Waals surface area contributed by atoms with Gasteiger partial charge in [-0.3, -0.25) is 24.3 Å². The molecule has 0 bridgehead atoms. The van der Waals surface area contributed by atoms with Gasteiger partial charge in [-0.2, -0.15) is 0 Å². The molecule has 0 aliphatic rings. The normalized spacial score (nSPS) is 10.6. The molecule has 0 atom stereocenters. The second-order valence-corrected chi connectivity index (χ2v) is 8.95. The van der Waals surface area contributed by atoms with Crippen molar-refractivity contribution in [1.29, 1.82) is 0 Å². The van der Waals surface area contributed by atoms with Gasteiger partial charge in [0.1, 0.15) is 17.2 Å². The molecule has 1 amide bonds. The molecule has 0 fully saturated rings. The van der Waals surface area contributed by atoms with Crippen LogP contribution in [0, 0.1) is 17.0 Å². The third-order valence-electron chi connectivity index (χ3n) is 5.12. The highest BCUT2D eigenvalue weighted by molar-refractivity contribution is 7.99. The van der Waals surface area contributed by atoms with Gasteiger partial charge in [0, 0.05) is 23.9 Å². The number of aryl methyl sites for hydroxylation is 1. The van der Waals surface area contributed by atoms with Gasteiger partial charge in [0.2, 0.25) is 5.91 Å². The summed E-state index contributed by atoms with van der Waals surface area (Å²) in [5, 5.41) is 14.5. The number of amides is 1. The molecule has 11 heteroatoms. The summed E-state index contributed by atoms with van der Waals surface area (Å²) in [5.74, 6) is 0.791. The summed E-state index contributed by atoms with van der Waals surface area (Å²) in [6, 6.07) is 21.3. The van der Waals surface area contributed by atoms with E-state index in [4.69, 9.17) is 9.47 Å². The molecule has 10 nitrogen and oxygen atoms in total. The first-order valence-electron chi connectivity index (χ1n) is 11.6. The molecule has 0 aliphatic carbocycles. The molecular formula is C27H24N4O6S. The van der Waals surface area contributed by atoms with E-state index in [9.17, 15) is 19.7 Å². The Morgan fingerprint density at radius 3 is 2.42 bits per heavy atom. The number of carbonyl (C=O) groups excluding carboxylic acids is 1. The van der Waals surface area contributed by atoms with E-state index in [1.165, 1.54) is 28.8 Å². The van der Waals surface area contributed by atoms with Crippen LogP contribution in [0.1, 0.15) is 12.6 Å². The van der Waals surface area contributed by atoms with Crippen LogP contribution in [0.2, 0.25) is 0 Å². The molecule has 1 heterocycles. The predicted molar refractivity (Wildman–Crippen MR) is 145 cm³/mol. The average Bonchev–Trinajstić information content (AvgIpc) is 2.89. The lowest BCUT2D eigenvalue weighted by Gasteiger charge is -2.13. The zero-order valence-corrected chi connectivity index (χ0v) is 21.4. The number of hydrogen-bond acceptors (Lipinski definition) is 8. The lowest BCUT2D eigenvalue weighted by Crippen LogP contribution is -2.22. The Bertz CT molecular complexity index is 1510. The number of aromatic nitrogens is 2. The highest BCUT2D eigenvalue weighted by atomic mass is 32.2. The van der Waals surface area contributed by atoms with Crippen molar-refractivity contribution < 1.29 is 19.2 Å². The van der Waals surface area contributed by atoms with E-state index in [-0.39, 0.29) is 28.4 Å². The van der Waals surface area contributed by atoms with Crippen molar-refractivity contribution in [3.05, 3.63) is 105 Å². The number of ether oxygens (including phenoxy) is 2. The Kier molecular flexibility index (Phi) is 8.39. The number of anilines is 1. The Morgan fingerprint density at radius 2 is 1.74 bits per heavy atom. The smallest absolute Gasteiger partial charge is 0.275 e. The lowest BCUT2D eigenvalue weighted by molar-refractivity contribution is -0.384. The van der Waals surface area contributed by atoms with E-state index < -0.39 is 10.8 Å². The molecule has 1 aromatic heterocycles. The highest BCUT2D eigenvalue weighted by Gasteiger charge is 2.16. The third-order valence-corrected chi connectivity index (χ3v) is 6.06. The summed E-state index contributed by atoms with van der Waals surface area (Å²) in [7, 11) is 0. The Balaban J connectivity index is 1.50. The minimum Gasteiger partial charge on any atom is -0.494 e. The third kappa shape index (κ3) is 6.77. The van der Waals surface area contributed by atoms with Crippen LogP contribution in [-0.4, -0.2) is 32.7 Å². The van der Waals surface area contributed by atoms with Crippen LogP contribution < -0.4 is 20.3 Å². The van der Waals surface area contributed by atoms with Crippen molar-refractivity contribution >= 4 is 29.0 Å². The number of carbonyl (C=O) groups is 1. The quantitative estimate of drug-likeness (QED) is 0.125. The highest BCUT2D eigenvalue weighted by Crippen LogP contribution is 2.31. The summed E-state index contributed by atoms with van der Waals surface area (Å²) >= 11 is 1.08. The Morgan fingerprint density at radius 1 is 1.03 bits per heavy atom. The van der Waals surface area contributed by atoms with Crippen molar-refractivity contribution in [2.45, 2.75) is 19.0 Å². The minimum absolute atomic E-state index is 0.0828. The zero-order valence-electron chi connectivity index (χ0n) is 20.6. The summed E-state index contributed by atoms with van der Waals surface area (Å²) in [5.41, 5.74) is 0.849. The second-order valence-electron chi connectivity index (χ2n) is 8.01. The van der Waals surface area contributed by atoms with Gasteiger partial charge in [-0.1, -0.05) is 30.0 Å². The largest absolute Gasteiger partial charge is 0.494 e. The van der Waals surface area contributed by atoms with Crippen molar-refractivity contribution in [3.8, 4) is 22.9 Å². The number of nitro benzene ring substituents is 1. The molecule has 3 aromatic carbocycles. The van der Waals surface area contributed by atoms with Crippen molar-refractivity contribution in [2.75, 3.05) is 17.7 Å². The Hall–Kier alpha value is -4.64. The van der Waals surface area contributed by atoms with Gasteiger partial charge in [-0.05, 0) is 50.2 Å². The van der Waals surface area contributed by atoms with Gasteiger partial charge in [0.25, 0.3) is 11.2 Å². The lowest BCUT2D eigenvalue weighted by atomic mass is 10.2. The summed E-state index contributed by atoms with van der Waals surface area (Å²) in [6.07, 6.45) is 0. The molecule has 0 aliphatic heterocycles. The number of benzene rings is 3. The van der Waals surface area contributed by atoms with Crippen molar-refractivity contribution in [2.24, 2.45) is 0 Å². The zero-order chi connectivity index (χ0) is 27.1. The first kappa shape index (κ1) is 26.4. The first-order chi connectivity index (χ1) is 18.3. The standard InChI is InChI=1S/C27H24N4O6S/c1-3-36-22-9-11-23(12-10-22)37-24-15-19(14-21(16-24)31(34)35)29-25(32)17-38-27-28-18(2)13-26(33)30(27)20-7-5-4-6-8-20/h4-16H,3,17H2,1-2H3,(H,29,32). The Labute approximate surface area is 222 Å². The van der Waals surface area contributed by atoms with Crippen molar-refractivity contribution in [3.63, 3.8) is 0 Å². The molecule has 0 spiro atoms. The van der Waals surface area contributed by atoms with Crippen LogP contribution in [-0.2, 0) is 4.79 Å². The van der Waals surface area contributed by atoms with E-state index in [2.05, 4.69) is 10.3 Å². The summed E-state index contributed by atoms with van der Waals surface area (Å²) in [4.78, 5) is 40.8. The number of para-hydroxylation sites is 1. The van der Waals surface area contributed by atoms with Crippen LogP contribution in [0.4, 0.5) is 11.4 Å². The molecule has 0 unspecified atom stereocenters. The molecule has 0 saturated carbocycles. The van der Waals surface area contributed by atoms with Crippen LogP contribution >= 0.6 is 11.8 Å². The fourth-order valence-corrected chi connectivity index (χ4v) is 4.40. The average molecular weight is 533 g/mol. The number of non-ortho nitro benzene ring substituents is 1. The number of hydrogen-bond donors (Lipinski definition) is 1. The van der Waals surface area contributed by atoms with E-state index in [0.717, 1.165) is 11.8 Å². The molecule has 4 aromatic rings. The maximum absolute atomic E-state index is 12.8. The SMILES string of the molecule is CCOc1ccc(Oc2cc(NC(=O)CSc3nc(C)cc(=O)n3-c3ccccc3)cc([N+](=O)[O-])c2)cc1. The molecular weight excluding hydrogens is 508 g/mol. The van der Waals surface area contributed by atoms with Crippen LogP contribution in [0.5, 0.6) is 17.2 Å². The van der Waals surface area contributed by atoms with Crippen LogP contribution in [0.3, 0.4) is 0 Å². The van der Waals surface area contributed by atoms with E-state index >= 15 is 0 Å². The fraction of sp³-hybridized carbons (Fsp3) is 0.148. The number of thioether (sulfide) groups is 1. The maximum atomic E-state index is 12.8. The van der Waals surface area contributed by atoms with Gasteiger partial charge in [-0.15, -0.1) is 0 Å². The molecule has 4 rings (SSSR count). The number of nitrogens with one attached hydrogen (secondary N) is 1. The monoisotopic (exact) mass is 532 g/mol. The van der Waals surface area contributed by atoms with E-state index in [0.29, 0.717) is 34.6 Å². The molecule has 0 saturated heterocycles.